The molecule has 0 radical (unpaired) electrons. The van der Waals surface area contributed by atoms with Crippen LogP contribution in [0.3, 0.4) is 0 Å². The third kappa shape index (κ3) is 2.21. The van der Waals surface area contributed by atoms with E-state index < -0.39 is 6.10 Å². The monoisotopic (exact) mass is 398 g/mol. The Morgan fingerprint density at radius 3 is 2.85 bits per heavy atom. The molecule has 1 N–H and O–H groups in total. The lowest BCUT2D eigenvalue weighted by molar-refractivity contribution is 0.180. The SMILES string of the molecule is CCn1ncc(Br)c1C(O)c1cc2cccc(Br)c2o1. The lowest BCUT2D eigenvalue weighted by Gasteiger charge is -2.10. The highest BCUT2D eigenvalue weighted by atomic mass is 79.9. The van der Waals surface area contributed by atoms with Gasteiger partial charge in [0.15, 0.2) is 6.10 Å². The van der Waals surface area contributed by atoms with Gasteiger partial charge < -0.3 is 9.52 Å². The number of furan rings is 1. The van der Waals surface area contributed by atoms with Crippen molar-refractivity contribution in [3.05, 3.63) is 50.9 Å². The number of aliphatic hydroxyl groups excluding tert-OH is 1. The minimum absolute atomic E-state index is 0.503. The normalized spacial score (nSPS) is 13.0. The third-order valence-electron chi connectivity index (χ3n) is 3.18. The summed E-state index contributed by atoms with van der Waals surface area (Å²) in [5, 5.41) is 15.7. The van der Waals surface area contributed by atoms with Gasteiger partial charge in [-0.3, -0.25) is 4.68 Å². The van der Waals surface area contributed by atoms with Gasteiger partial charge in [-0.05, 0) is 50.9 Å². The van der Waals surface area contributed by atoms with Crippen molar-refractivity contribution in [3.63, 3.8) is 0 Å². The first-order chi connectivity index (χ1) is 9.61. The number of fused-ring (bicyclic) bond motifs is 1. The zero-order valence-electron chi connectivity index (χ0n) is 10.7. The van der Waals surface area contributed by atoms with Crippen LogP contribution in [-0.4, -0.2) is 14.9 Å². The average molecular weight is 400 g/mol. The number of aromatic nitrogens is 2. The molecule has 1 unspecified atom stereocenters. The van der Waals surface area contributed by atoms with Crippen molar-refractivity contribution in [3.8, 4) is 0 Å². The highest BCUT2D eigenvalue weighted by Gasteiger charge is 2.22. The Morgan fingerprint density at radius 1 is 1.35 bits per heavy atom. The Balaban J connectivity index is 2.10. The van der Waals surface area contributed by atoms with Crippen LogP contribution in [0.25, 0.3) is 11.0 Å². The van der Waals surface area contributed by atoms with Gasteiger partial charge in [0.1, 0.15) is 11.3 Å². The second-order valence-electron chi connectivity index (χ2n) is 4.40. The van der Waals surface area contributed by atoms with Gasteiger partial charge in [0.2, 0.25) is 0 Å². The molecule has 0 fully saturated rings. The van der Waals surface area contributed by atoms with E-state index in [-0.39, 0.29) is 0 Å². The molecule has 0 saturated carbocycles. The maximum atomic E-state index is 10.6. The molecule has 3 aromatic rings. The molecule has 1 aromatic carbocycles. The number of halogens is 2. The molecule has 0 aliphatic carbocycles. The van der Waals surface area contributed by atoms with Gasteiger partial charge in [-0.15, -0.1) is 0 Å². The van der Waals surface area contributed by atoms with E-state index in [9.17, 15) is 5.11 Å². The van der Waals surface area contributed by atoms with Crippen molar-refractivity contribution in [2.75, 3.05) is 0 Å². The van der Waals surface area contributed by atoms with Gasteiger partial charge in [-0.2, -0.15) is 5.10 Å². The molecular formula is C14H12Br2N2O2. The Hall–Kier alpha value is -1.11. The number of para-hydroxylation sites is 1. The van der Waals surface area contributed by atoms with Gasteiger partial charge in [0, 0.05) is 11.9 Å². The molecule has 0 aliphatic rings. The molecule has 2 heterocycles. The molecule has 6 heteroatoms. The molecular weight excluding hydrogens is 388 g/mol. The van der Waals surface area contributed by atoms with Crippen LogP contribution in [0.2, 0.25) is 0 Å². The summed E-state index contributed by atoms with van der Waals surface area (Å²) in [5.41, 5.74) is 1.43. The van der Waals surface area contributed by atoms with Crippen molar-refractivity contribution in [1.29, 1.82) is 0 Å². The van der Waals surface area contributed by atoms with Crippen LogP contribution in [0.15, 0.2) is 43.8 Å². The molecule has 0 spiro atoms. The fraction of sp³-hybridized carbons (Fsp3) is 0.214. The van der Waals surface area contributed by atoms with Crippen LogP contribution < -0.4 is 0 Å². The van der Waals surface area contributed by atoms with Crippen molar-refractivity contribution in [2.24, 2.45) is 0 Å². The van der Waals surface area contributed by atoms with Crippen LogP contribution in [0.4, 0.5) is 0 Å². The Labute approximate surface area is 132 Å². The molecule has 0 bridgehead atoms. The fourth-order valence-corrected chi connectivity index (χ4v) is 3.19. The molecule has 2 aromatic heterocycles. The zero-order chi connectivity index (χ0) is 14.3. The summed E-state index contributed by atoms with van der Waals surface area (Å²) in [5.74, 6) is 0.503. The van der Waals surface area contributed by atoms with Crippen LogP contribution >= 0.6 is 31.9 Å². The number of rotatable bonds is 3. The predicted octanol–water partition coefficient (Wildman–Crippen LogP) is 4.26. The summed E-state index contributed by atoms with van der Waals surface area (Å²) in [6, 6.07) is 7.65. The first-order valence-corrected chi connectivity index (χ1v) is 7.77. The molecule has 0 aliphatic heterocycles. The number of benzene rings is 1. The van der Waals surface area contributed by atoms with Gasteiger partial charge in [-0.1, -0.05) is 12.1 Å². The Morgan fingerprint density at radius 2 is 2.15 bits per heavy atom. The topological polar surface area (TPSA) is 51.2 Å². The standard InChI is InChI=1S/C14H12Br2N2O2/c1-2-18-12(10(16)7-17-18)13(19)11-6-8-4-3-5-9(15)14(8)20-11/h3-7,13,19H,2H2,1H3. The first-order valence-electron chi connectivity index (χ1n) is 6.19. The number of nitrogens with zero attached hydrogens (tertiary/aromatic N) is 2. The number of hydrogen-bond acceptors (Lipinski definition) is 3. The number of aryl methyl sites for hydroxylation is 1. The van der Waals surface area contributed by atoms with Crippen LogP contribution in [0.5, 0.6) is 0 Å². The maximum Gasteiger partial charge on any atom is 0.154 e. The molecule has 0 saturated heterocycles. The minimum atomic E-state index is -0.855. The quantitative estimate of drug-likeness (QED) is 0.715. The summed E-state index contributed by atoms with van der Waals surface area (Å²) in [7, 11) is 0. The van der Waals surface area contributed by atoms with Gasteiger partial charge in [0.05, 0.1) is 20.8 Å². The second-order valence-corrected chi connectivity index (χ2v) is 6.11. The van der Waals surface area contributed by atoms with Crippen LogP contribution in [-0.2, 0) is 6.54 Å². The van der Waals surface area contributed by atoms with Crippen molar-refractivity contribution < 1.29 is 9.52 Å². The number of aliphatic hydroxyl groups is 1. The number of hydrogen-bond donors (Lipinski definition) is 1. The summed E-state index contributed by atoms with van der Waals surface area (Å²) < 4.78 is 9.17. The van der Waals surface area contributed by atoms with E-state index in [2.05, 4.69) is 37.0 Å². The van der Waals surface area contributed by atoms with Crippen LogP contribution in [0.1, 0.15) is 24.5 Å². The molecule has 1 atom stereocenters. The summed E-state index contributed by atoms with van der Waals surface area (Å²) in [6.07, 6.45) is 0.826. The Bertz CT molecular complexity index is 764. The zero-order valence-corrected chi connectivity index (χ0v) is 13.8. The van der Waals surface area contributed by atoms with Gasteiger partial charge in [0.25, 0.3) is 0 Å². The predicted molar refractivity (Wildman–Crippen MR) is 83.6 cm³/mol. The second kappa shape index (κ2) is 5.35. The summed E-state index contributed by atoms with van der Waals surface area (Å²) in [6.45, 7) is 2.66. The molecule has 4 nitrogen and oxygen atoms in total. The van der Waals surface area contributed by atoms with Crippen molar-refractivity contribution in [1.82, 2.24) is 9.78 Å². The van der Waals surface area contributed by atoms with E-state index in [4.69, 9.17) is 4.42 Å². The van der Waals surface area contributed by atoms with Crippen molar-refractivity contribution in [2.45, 2.75) is 19.6 Å². The van der Waals surface area contributed by atoms with E-state index in [1.54, 1.807) is 10.9 Å². The van der Waals surface area contributed by atoms with E-state index in [0.717, 1.165) is 19.9 Å². The maximum absolute atomic E-state index is 10.6. The largest absolute Gasteiger partial charge is 0.457 e. The smallest absolute Gasteiger partial charge is 0.154 e. The van der Waals surface area contributed by atoms with Gasteiger partial charge in [-0.25, -0.2) is 0 Å². The van der Waals surface area contributed by atoms with E-state index in [0.29, 0.717) is 18.0 Å². The molecule has 20 heavy (non-hydrogen) atoms. The molecule has 0 amide bonds. The highest BCUT2D eigenvalue weighted by molar-refractivity contribution is 9.11. The van der Waals surface area contributed by atoms with E-state index in [1.165, 1.54) is 0 Å². The van der Waals surface area contributed by atoms with Crippen LogP contribution in [0, 0.1) is 0 Å². The Kier molecular flexibility index (Phi) is 3.70. The fourth-order valence-electron chi connectivity index (χ4n) is 2.21. The summed E-state index contributed by atoms with van der Waals surface area (Å²) >= 11 is 6.87. The summed E-state index contributed by atoms with van der Waals surface area (Å²) in [4.78, 5) is 0. The lowest BCUT2D eigenvalue weighted by atomic mass is 10.2. The van der Waals surface area contributed by atoms with Crippen molar-refractivity contribution >= 4 is 42.8 Å². The van der Waals surface area contributed by atoms with E-state index in [1.807, 2.05) is 31.2 Å². The average Bonchev–Trinajstić information content (AvgIpc) is 3.02. The highest BCUT2D eigenvalue weighted by Crippen LogP contribution is 2.34. The first kappa shape index (κ1) is 13.9. The van der Waals surface area contributed by atoms with Gasteiger partial charge >= 0.3 is 0 Å². The minimum Gasteiger partial charge on any atom is -0.457 e. The molecule has 3 rings (SSSR count). The molecule has 104 valence electrons. The van der Waals surface area contributed by atoms with E-state index >= 15 is 0 Å². The third-order valence-corrected chi connectivity index (χ3v) is 4.41. The lowest BCUT2D eigenvalue weighted by Crippen LogP contribution is -2.09.